The molecule has 3 heterocycles. The summed E-state index contributed by atoms with van der Waals surface area (Å²) in [7, 11) is 3.14. The Morgan fingerprint density at radius 2 is 1.94 bits per heavy atom. The molecule has 1 aromatic heterocycles. The van der Waals surface area contributed by atoms with E-state index in [1.54, 1.807) is 7.05 Å². The van der Waals surface area contributed by atoms with Crippen LogP contribution in [-0.2, 0) is 9.59 Å². The quantitative estimate of drug-likeness (QED) is 0.514. The van der Waals surface area contributed by atoms with Crippen LogP contribution in [0.15, 0.2) is 24.3 Å². The molecule has 11 nitrogen and oxygen atoms in total. The second kappa shape index (κ2) is 10.3. The average molecular weight is 506 g/mol. The number of ether oxygens (including phenoxy) is 1. The number of carbonyl (C=O) groups is 3. The lowest BCUT2D eigenvalue weighted by molar-refractivity contribution is -0.140. The summed E-state index contributed by atoms with van der Waals surface area (Å²) in [4.78, 5) is 40.9. The minimum Gasteiger partial charge on any atom is -0.494 e. The Morgan fingerprint density at radius 1 is 1.21 bits per heavy atom. The maximum atomic E-state index is 13.1. The highest BCUT2D eigenvalue weighted by Gasteiger charge is 2.51. The van der Waals surface area contributed by atoms with E-state index in [-0.39, 0.29) is 29.8 Å². The molecule has 4 atom stereocenters. The van der Waals surface area contributed by atoms with Gasteiger partial charge in [0, 0.05) is 14.1 Å². The summed E-state index contributed by atoms with van der Waals surface area (Å²) in [6.45, 7) is 4.31. The van der Waals surface area contributed by atoms with Gasteiger partial charge in [-0.3, -0.25) is 30.4 Å². The molecule has 2 fully saturated rings. The van der Waals surface area contributed by atoms with E-state index in [0.717, 1.165) is 21.2 Å². The zero-order valence-electron chi connectivity index (χ0n) is 19.3. The third-order valence-electron chi connectivity index (χ3n) is 5.65. The van der Waals surface area contributed by atoms with Crippen molar-refractivity contribution in [1.29, 1.82) is 0 Å². The van der Waals surface area contributed by atoms with E-state index in [9.17, 15) is 14.4 Å². The van der Waals surface area contributed by atoms with Gasteiger partial charge in [0.05, 0.1) is 36.0 Å². The molecule has 0 spiro atoms. The Bertz CT molecular complexity index is 1060. The molecule has 1 aromatic carbocycles. The minimum atomic E-state index is -0.576. The molecule has 0 bridgehead atoms. The van der Waals surface area contributed by atoms with Crippen LogP contribution in [-0.4, -0.2) is 75.8 Å². The van der Waals surface area contributed by atoms with Crippen LogP contribution in [0.2, 0.25) is 0 Å². The number of urea groups is 1. The molecule has 34 heavy (non-hydrogen) atoms. The van der Waals surface area contributed by atoms with Gasteiger partial charge in [-0.25, -0.2) is 4.79 Å². The van der Waals surface area contributed by atoms with Crippen molar-refractivity contribution in [2.45, 2.75) is 31.6 Å². The van der Waals surface area contributed by atoms with Crippen LogP contribution in [0.3, 0.4) is 0 Å². The second-order valence-electron chi connectivity index (χ2n) is 7.94. The first kappa shape index (κ1) is 24.4. The monoisotopic (exact) mass is 505 g/mol. The van der Waals surface area contributed by atoms with Gasteiger partial charge in [0.1, 0.15) is 10.8 Å². The molecule has 3 N–H and O–H groups in total. The summed E-state index contributed by atoms with van der Waals surface area (Å²) in [5.41, 5.74) is 0.925. The van der Waals surface area contributed by atoms with Crippen molar-refractivity contribution in [3.63, 3.8) is 0 Å². The summed E-state index contributed by atoms with van der Waals surface area (Å²) >= 11 is 2.61. The number of benzene rings is 1. The van der Waals surface area contributed by atoms with Crippen molar-refractivity contribution in [3.05, 3.63) is 34.8 Å². The van der Waals surface area contributed by atoms with E-state index in [2.05, 4.69) is 26.1 Å². The number of hydrogen-bond donors (Lipinski definition) is 3. The number of aryl methyl sites for hydroxylation is 1. The lowest BCUT2D eigenvalue weighted by Gasteiger charge is -2.50. The third kappa shape index (κ3) is 5.02. The maximum absolute atomic E-state index is 13.1. The summed E-state index contributed by atoms with van der Waals surface area (Å²) in [5.74, 6) is -0.249. The number of anilines is 1. The molecule has 0 aliphatic carbocycles. The number of amides is 4. The number of aromatic nitrogens is 2. The molecule has 0 saturated carbocycles. The van der Waals surface area contributed by atoms with Gasteiger partial charge in [-0.05, 0) is 31.5 Å². The number of carbonyl (C=O) groups excluding carboxylic acids is 3. The van der Waals surface area contributed by atoms with E-state index in [0.29, 0.717) is 11.7 Å². The second-order valence-corrected chi connectivity index (χ2v) is 10.2. The Kier molecular flexibility index (Phi) is 7.36. The van der Waals surface area contributed by atoms with Crippen molar-refractivity contribution in [1.82, 2.24) is 30.6 Å². The van der Waals surface area contributed by atoms with Crippen molar-refractivity contribution < 1.29 is 19.1 Å². The number of hydrogen-bond acceptors (Lipinski definition) is 10. The van der Waals surface area contributed by atoms with E-state index >= 15 is 0 Å². The number of nitrogens with one attached hydrogen (secondary N) is 3. The van der Waals surface area contributed by atoms with Crippen LogP contribution in [0.25, 0.3) is 0 Å². The van der Waals surface area contributed by atoms with Crippen molar-refractivity contribution in [3.8, 4) is 5.75 Å². The van der Waals surface area contributed by atoms with Crippen molar-refractivity contribution in [2.24, 2.45) is 5.92 Å². The first-order chi connectivity index (χ1) is 16.3. The summed E-state index contributed by atoms with van der Waals surface area (Å²) in [6.07, 6.45) is -0.866. The van der Waals surface area contributed by atoms with Crippen LogP contribution < -0.4 is 20.7 Å². The van der Waals surface area contributed by atoms with Crippen LogP contribution in [0.4, 0.5) is 9.93 Å². The van der Waals surface area contributed by atoms with Gasteiger partial charge in [0.2, 0.25) is 16.9 Å². The average Bonchev–Trinajstić information content (AvgIpc) is 3.24. The number of thioether (sulfide) groups is 1. The Balaban J connectivity index is 1.53. The van der Waals surface area contributed by atoms with E-state index in [1.165, 1.54) is 35.0 Å². The van der Waals surface area contributed by atoms with Gasteiger partial charge in [-0.2, -0.15) is 0 Å². The predicted octanol–water partition coefficient (Wildman–Crippen LogP) is 1.60. The fourth-order valence-corrected chi connectivity index (χ4v) is 5.70. The van der Waals surface area contributed by atoms with Crippen molar-refractivity contribution >= 4 is 46.1 Å². The van der Waals surface area contributed by atoms with E-state index in [4.69, 9.17) is 4.74 Å². The van der Waals surface area contributed by atoms with Crippen LogP contribution in [0, 0.1) is 12.8 Å². The molecular weight excluding hydrogens is 478 g/mol. The highest BCUT2D eigenvalue weighted by Crippen LogP contribution is 2.34. The summed E-state index contributed by atoms with van der Waals surface area (Å²) in [5, 5.41) is 18.2. The smallest absolute Gasteiger partial charge is 0.327 e. The lowest BCUT2D eigenvalue weighted by Crippen LogP contribution is -2.72. The first-order valence-corrected chi connectivity index (χ1v) is 12.7. The zero-order chi connectivity index (χ0) is 24.4. The molecule has 2 saturated heterocycles. The molecular formula is C21H27N7O4S2. The standard InChI is InChI=1S/C21H27N7O4S2/c1-5-32-13-8-6-12(7-9-13)16-23-17-15(19(30)28(4)21(31)27(17)3)18(24-16)33-10-14(29)22-20-26-25-11(2)34-20/h6-9,15-18,23-24H,5,10H2,1-4H3,(H,22,26,29). The largest absolute Gasteiger partial charge is 0.494 e. The fraction of sp³-hybridized carbons (Fsp3) is 0.476. The topological polar surface area (TPSA) is 129 Å². The Hall–Kier alpha value is -2.74. The maximum Gasteiger partial charge on any atom is 0.327 e. The van der Waals surface area contributed by atoms with Gasteiger partial charge < -0.3 is 9.64 Å². The molecule has 2 aliphatic heterocycles. The molecule has 182 valence electrons. The number of nitrogens with zero attached hydrogens (tertiary/aromatic N) is 4. The molecule has 4 unspecified atom stereocenters. The Labute approximate surface area is 205 Å². The van der Waals surface area contributed by atoms with Gasteiger partial charge in [-0.15, -0.1) is 22.0 Å². The predicted molar refractivity (Wildman–Crippen MR) is 129 cm³/mol. The molecule has 0 radical (unpaired) electrons. The van der Waals surface area contributed by atoms with Crippen LogP contribution >= 0.6 is 23.1 Å². The van der Waals surface area contributed by atoms with Crippen LogP contribution in [0.1, 0.15) is 23.7 Å². The SMILES string of the molecule is CCOc1ccc(C2NC(SCC(=O)Nc3nnc(C)s3)C3C(=O)N(C)C(=O)N(C)C3N2)cc1. The summed E-state index contributed by atoms with van der Waals surface area (Å²) in [6, 6.07) is 7.24. The van der Waals surface area contributed by atoms with Crippen LogP contribution in [0.5, 0.6) is 5.75 Å². The number of fused-ring (bicyclic) bond motifs is 1. The fourth-order valence-electron chi connectivity index (χ4n) is 3.98. The number of imide groups is 1. The summed E-state index contributed by atoms with van der Waals surface area (Å²) < 4.78 is 5.53. The molecule has 2 aromatic rings. The molecule has 2 aliphatic rings. The highest BCUT2D eigenvalue weighted by atomic mass is 32.2. The number of rotatable bonds is 7. The van der Waals surface area contributed by atoms with Gasteiger partial charge in [-0.1, -0.05) is 23.5 Å². The normalized spacial score (nSPS) is 24.7. The molecule has 13 heteroatoms. The lowest BCUT2D eigenvalue weighted by atomic mass is 9.96. The van der Waals surface area contributed by atoms with Gasteiger partial charge in [0.15, 0.2) is 0 Å². The van der Waals surface area contributed by atoms with Gasteiger partial charge >= 0.3 is 6.03 Å². The molecule has 4 rings (SSSR count). The van der Waals surface area contributed by atoms with E-state index in [1.807, 2.05) is 38.1 Å². The highest BCUT2D eigenvalue weighted by molar-refractivity contribution is 8.00. The van der Waals surface area contributed by atoms with Crippen molar-refractivity contribution in [2.75, 3.05) is 31.8 Å². The zero-order valence-corrected chi connectivity index (χ0v) is 20.9. The molecule has 4 amide bonds. The third-order valence-corrected chi connectivity index (χ3v) is 7.62. The van der Waals surface area contributed by atoms with Gasteiger partial charge in [0.25, 0.3) is 0 Å². The minimum absolute atomic E-state index is 0.101. The first-order valence-electron chi connectivity index (χ1n) is 10.8. The van der Waals surface area contributed by atoms with E-state index < -0.39 is 17.5 Å². The Morgan fingerprint density at radius 3 is 2.59 bits per heavy atom.